The molecule has 0 heterocycles. The van der Waals surface area contributed by atoms with Gasteiger partial charge in [0.15, 0.2) is 0 Å². The molecule has 0 bridgehead atoms. The summed E-state index contributed by atoms with van der Waals surface area (Å²) in [5, 5.41) is 4.86. The molecule has 0 atom stereocenters. The number of halogens is 2. The highest BCUT2D eigenvalue weighted by atomic mass is 35.5. The Hall–Kier alpha value is -2.26. The molecule has 30 heavy (non-hydrogen) atoms. The Morgan fingerprint density at radius 1 is 0.900 bits per heavy atom. The molecule has 3 aromatic carbocycles. The number of hydrogen-bond donors (Lipinski definition) is 1. The molecular weight excluding hydrogens is 413 g/mol. The zero-order chi connectivity index (χ0) is 21.6. The van der Waals surface area contributed by atoms with Crippen molar-refractivity contribution < 1.29 is 4.74 Å². The van der Waals surface area contributed by atoms with Crippen LogP contribution in [-0.2, 0) is 12.0 Å². The maximum absolute atomic E-state index is 6.14. The molecule has 0 aliphatic carbocycles. The lowest BCUT2D eigenvalue weighted by Gasteiger charge is -2.29. The minimum atomic E-state index is -0.249. The molecule has 0 aliphatic heterocycles. The third-order valence-electron chi connectivity index (χ3n) is 5.15. The van der Waals surface area contributed by atoms with Crippen molar-refractivity contribution in [1.82, 2.24) is 5.32 Å². The Labute approximate surface area is 189 Å². The minimum absolute atomic E-state index is 0.249. The SMILES string of the molecule is COc1ccc(C=Cc2ccccc2)c(C(C)(C)NCCc2ccc(Cl)c(Cl)c2)c1. The summed E-state index contributed by atoms with van der Waals surface area (Å²) in [6, 6.07) is 22.3. The number of nitrogens with one attached hydrogen (secondary N) is 1. The molecule has 0 aliphatic rings. The predicted molar refractivity (Wildman–Crippen MR) is 130 cm³/mol. The average molecular weight is 440 g/mol. The van der Waals surface area contributed by atoms with E-state index < -0.39 is 0 Å². The first-order valence-electron chi connectivity index (χ1n) is 9.99. The fourth-order valence-corrected chi connectivity index (χ4v) is 3.73. The lowest BCUT2D eigenvalue weighted by atomic mass is 9.89. The van der Waals surface area contributed by atoms with Gasteiger partial charge in [0.1, 0.15) is 5.75 Å². The fraction of sp³-hybridized carbons (Fsp3) is 0.231. The summed E-state index contributed by atoms with van der Waals surface area (Å²) in [5.41, 5.74) is 4.42. The van der Waals surface area contributed by atoms with Gasteiger partial charge in [-0.2, -0.15) is 0 Å². The van der Waals surface area contributed by atoms with Crippen molar-refractivity contribution in [3.8, 4) is 5.75 Å². The van der Waals surface area contributed by atoms with Crippen LogP contribution in [0.15, 0.2) is 66.7 Å². The van der Waals surface area contributed by atoms with E-state index in [0.717, 1.165) is 29.8 Å². The standard InChI is InChI=1S/C26H27Cl2NO/c1-26(2,29-16-15-20-10-14-24(27)25(28)17-20)23-18-22(30-3)13-12-21(23)11-9-19-7-5-4-6-8-19/h4-14,17-18,29H,15-16H2,1-3H3. The van der Waals surface area contributed by atoms with Crippen LogP contribution in [-0.4, -0.2) is 13.7 Å². The van der Waals surface area contributed by atoms with Crippen LogP contribution in [0.25, 0.3) is 12.2 Å². The van der Waals surface area contributed by atoms with Crippen LogP contribution in [0, 0.1) is 0 Å². The summed E-state index contributed by atoms with van der Waals surface area (Å²) >= 11 is 12.2. The van der Waals surface area contributed by atoms with Crippen molar-refractivity contribution in [1.29, 1.82) is 0 Å². The second-order valence-electron chi connectivity index (χ2n) is 7.75. The van der Waals surface area contributed by atoms with Gasteiger partial charge in [0.2, 0.25) is 0 Å². The van der Waals surface area contributed by atoms with E-state index >= 15 is 0 Å². The van der Waals surface area contributed by atoms with E-state index in [1.807, 2.05) is 42.5 Å². The lowest BCUT2D eigenvalue weighted by Crippen LogP contribution is -2.38. The third-order valence-corrected chi connectivity index (χ3v) is 5.89. The summed E-state index contributed by atoms with van der Waals surface area (Å²) < 4.78 is 5.49. The summed E-state index contributed by atoms with van der Waals surface area (Å²) in [6.07, 6.45) is 5.16. The monoisotopic (exact) mass is 439 g/mol. The Morgan fingerprint density at radius 2 is 1.67 bits per heavy atom. The number of methoxy groups -OCH3 is 1. The van der Waals surface area contributed by atoms with Crippen molar-refractivity contribution in [3.63, 3.8) is 0 Å². The first kappa shape index (κ1) is 22.4. The smallest absolute Gasteiger partial charge is 0.119 e. The van der Waals surface area contributed by atoms with Crippen LogP contribution in [0.5, 0.6) is 5.75 Å². The Balaban J connectivity index is 1.78. The van der Waals surface area contributed by atoms with Gasteiger partial charge >= 0.3 is 0 Å². The molecule has 4 heteroatoms. The van der Waals surface area contributed by atoms with Gasteiger partial charge < -0.3 is 10.1 Å². The van der Waals surface area contributed by atoms with Gasteiger partial charge in [0.25, 0.3) is 0 Å². The molecule has 2 nitrogen and oxygen atoms in total. The second kappa shape index (κ2) is 10.2. The van der Waals surface area contributed by atoms with Crippen LogP contribution in [0.1, 0.15) is 36.1 Å². The largest absolute Gasteiger partial charge is 0.497 e. The van der Waals surface area contributed by atoms with E-state index in [1.54, 1.807) is 7.11 Å². The average Bonchev–Trinajstić information content (AvgIpc) is 2.75. The molecule has 0 aromatic heterocycles. The van der Waals surface area contributed by atoms with Gasteiger partial charge in [-0.1, -0.05) is 77.8 Å². The Morgan fingerprint density at radius 3 is 2.37 bits per heavy atom. The zero-order valence-corrected chi connectivity index (χ0v) is 19.1. The van der Waals surface area contributed by atoms with Crippen molar-refractivity contribution in [2.24, 2.45) is 0 Å². The molecule has 0 radical (unpaired) electrons. The second-order valence-corrected chi connectivity index (χ2v) is 8.56. The first-order valence-corrected chi connectivity index (χ1v) is 10.8. The minimum Gasteiger partial charge on any atom is -0.497 e. The molecule has 0 amide bonds. The number of hydrogen-bond acceptors (Lipinski definition) is 2. The van der Waals surface area contributed by atoms with Crippen LogP contribution < -0.4 is 10.1 Å². The van der Waals surface area contributed by atoms with E-state index in [4.69, 9.17) is 27.9 Å². The van der Waals surface area contributed by atoms with Gasteiger partial charge in [-0.15, -0.1) is 0 Å². The highest BCUT2D eigenvalue weighted by Gasteiger charge is 2.23. The normalized spacial score (nSPS) is 11.8. The summed E-state index contributed by atoms with van der Waals surface area (Å²) in [5.74, 6) is 0.848. The fourth-order valence-electron chi connectivity index (χ4n) is 3.41. The molecule has 0 saturated heterocycles. The van der Waals surface area contributed by atoms with E-state index in [0.29, 0.717) is 10.0 Å². The van der Waals surface area contributed by atoms with Gasteiger partial charge in [-0.05, 0) is 73.3 Å². The number of rotatable bonds is 8. The van der Waals surface area contributed by atoms with Crippen LogP contribution in [0.4, 0.5) is 0 Å². The number of benzene rings is 3. The lowest BCUT2D eigenvalue weighted by molar-refractivity contribution is 0.393. The van der Waals surface area contributed by atoms with Crippen LogP contribution in [0.2, 0.25) is 10.0 Å². The molecule has 1 N–H and O–H groups in total. The highest BCUT2D eigenvalue weighted by Crippen LogP contribution is 2.30. The van der Waals surface area contributed by atoms with Gasteiger partial charge in [-0.25, -0.2) is 0 Å². The third kappa shape index (κ3) is 5.89. The molecule has 3 rings (SSSR count). The Kier molecular flexibility index (Phi) is 7.60. The zero-order valence-electron chi connectivity index (χ0n) is 17.6. The van der Waals surface area contributed by atoms with E-state index in [2.05, 4.69) is 55.6 Å². The van der Waals surface area contributed by atoms with Crippen molar-refractivity contribution >= 4 is 35.4 Å². The van der Waals surface area contributed by atoms with Crippen molar-refractivity contribution in [2.75, 3.05) is 13.7 Å². The van der Waals surface area contributed by atoms with Crippen molar-refractivity contribution in [3.05, 3.63) is 99.0 Å². The van der Waals surface area contributed by atoms with Crippen molar-refractivity contribution in [2.45, 2.75) is 25.8 Å². The molecule has 0 unspecified atom stereocenters. The van der Waals surface area contributed by atoms with E-state index in [-0.39, 0.29) is 5.54 Å². The van der Waals surface area contributed by atoms with Gasteiger partial charge in [0.05, 0.1) is 17.2 Å². The van der Waals surface area contributed by atoms with Gasteiger partial charge in [0, 0.05) is 5.54 Å². The predicted octanol–water partition coefficient (Wildman–Crippen LogP) is 7.24. The molecule has 3 aromatic rings. The summed E-state index contributed by atoms with van der Waals surface area (Å²) in [7, 11) is 1.70. The maximum atomic E-state index is 6.14. The molecular formula is C26H27Cl2NO. The maximum Gasteiger partial charge on any atom is 0.119 e. The molecule has 0 spiro atoms. The topological polar surface area (TPSA) is 21.3 Å². The quantitative estimate of drug-likeness (QED) is 0.373. The first-order chi connectivity index (χ1) is 14.4. The number of ether oxygens (including phenoxy) is 1. The van der Waals surface area contributed by atoms with E-state index in [1.165, 1.54) is 11.1 Å². The van der Waals surface area contributed by atoms with Gasteiger partial charge in [-0.3, -0.25) is 0 Å². The highest BCUT2D eigenvalue weighted by molar-refractivity contribution is 6.42. The molecule has 156 valence electrons. The Bertz CT molecular complexity index is 1010. The summed E-state index contributed by atoms with van der Waals surface area (Å²) in [6.45, 7) is 5.19. The van der Waals surface area contributed by atoms with Crippen LogP contribution >= 0.6 is 23.2 Å². The molecule has 0 fully saturated rings. The summed E-state index contributed by atoms with van der Waals surface area (Å²) in [4.78, 5) is 0. The molecule has 0 saturated carbocycles. The van der Waals surface area contributed by atoms with Crippen LogP contribution in [0.3, 0.4) is 0 Å². The van der Waals surface area contributed by atoms with E-state index in [9.17, 15) is 0 Å².